The fourth-order valence-corrected chi connectivity index (χ4v) is 1.75. The minimum absolute atomic E-state index is 0.304. The van der Waals surface area contributed by atoms with E-state index in [0.29, 0.717) is 11.4 Å². The van der Waals surface area contributed by atoms with Crippen molar-refractivity contribution in [3.63, 3.8) is 0 Å². The number of nitrogens with one attached hydrogen (secondary N) is 1. The molecule has 2 N–H and O–H groups in total. The zero-order chi connectivity index (χ0) is 13.4. The van der Waals surface area contributed by atoms with Crippen molar-refractivity contribution in [2.24, 2.45) is 0 Å². The Hall–Kier alpha value is -1.58. The lowest BCUT2D eigenvalue weighted by atomic mass is 10.2. The number of hydrogen-bond donors (Lipinski definition) is 2. The van der Waals surface area contributed by atoms with Crippen LogP contribution in [0.2, 0.25) is 0 Å². The summed E-state index contributed by atoms with van der Waals surface area (Å²) in [6.07, 6.45) is 5.49. The summed E-state index contributed by atoms with van der Waals surface area (Å²) in [7, 11) is 0. The molecule has 0 aromatic carbocycles. The third-order valence-electron chi connectivity index (χ3n) is 2.82. The SMILES string of the molecule is CCCCCCNc1cc(C(=O)O)cc(CC)n1. The van der Waals surface area contributed by atoms with Crippen molar-refractivity contribution < 1.29 is 9.90 Å². The second-order valence-electron chi connectivity index (χ2n) is 4.38. The zero-order valence-corrected chi connectivity index (χ0v) is 11.2. The van der Waals surface area contributed by atoms with Gasteiger partial charge in [0.15, 0.2) is 0 Å². The topological polar surface area (TPSA) is 62.2 Å². The number of hydrogen-bond acceptors (Lipinski definition) is 3. The molecule has 0 saturated carbocycles. The highest BCUT2D eigenvalue weighted by Crippen LogP contribution is 2.12. The Bertz CT molecular complexity index is 391. The van der Waals surface area contributed by atoms with Gasteiger partial charge in [-0.05, 0) is 25.0 Å². The van der Waals surface area contributed by atoms with Crippen LogP contribution in [0.4, 0.5) is 5.82 Å². The minimum atomic E-state index is -0.902. The summed E-state index contributed by atoms with van der Waals surface area (Å²) < 4.78 is 0. The lowest BCUT2D eigenvalue weighted by Gasteiger charge is -2.08. The fraction of sp³-hybridized carbons (Fsp3) is 0.571. The van der Waals surface area contributed by atoms with E-state index in [9.17, 15) is 4.79 Å². The van der Waals surface area contributed by atoms with Crippen LogP contribution in [0.25, 0.3) is 0 Å². The van der Waals surface area contributed by atoms with Gasteiger partial charge in [-0.25, -0.2) is 9.78 Å². The summed E-state index contributed by atoms with van der Waals surface area (Å²) >= 11 is 0. The van der Waals surface area contributed by atoms with Gasteiger partial charge in [0.2, 0.25) is 0 Å². The molecule has 4 heteroatoms. The maximum absolute atomic E-state index is 11.0. The number of anilines is 1. The smallest absolute Gasteiger partial charge is 0.335 e. The second kappa shape index (κ2) is 7.69. The van der Waals surface area contributed by atoms with Crippen LogP contribution in [-0.2, 0) is 6.42 Å². The number of nitrogens with zero attached hydrogens (tertiary/aromatic N) is 1. The van der Waals surface area contributed by atoms with Crippen LogP contribution in [0.15, 0.2) is 12.1 Å². The van der Waals surface area contributed by atoms with E-state index >= 15 is 0 Å². The molecule has 1 heterocycles. The van der Waals surface area contributed by atoms with E-state index in [1.54, 1.807) is 12.1 Å². The van der Waals surface area contributed by atoms with Gasteiger partial charge < -0.3 is 10.4 Å². The van der Waals surface area contributed by atoms with Crippen molar-refractivity contribution >= 4 is 11.8 Å². The molecule has 0 atom stereocenters. The van der Waals surface area contributed by atoms with E-state index in [-0.39, 0.29) is 0 Å². The number of rotatable bonds is 8. The van der Waals surface area contributed by atoms with Gasteiger partial charge in [-0.1, -0.05) is 33.1 Å². The first-order valence-corrected chi connectivity index (χ1v) is 6.65. The molecule has 1 rings (SSSR count). The normalized spacial score (nSPS) is 10.3. The molecular formula is C14H22N2O2. The number of unbranched alkanes of at least 4 members (excludes halogenated alkanes) is 3. The summed E-state index contributed by atoms with van der Waals surface area (Å²) in [5, 5.41) is 12.2. The van der Waals surface area contributed by atoms with Crippen LogP contribution in [0.5, 0.6) is 0 Å². The fourth-order valence-electron chi connectivity index (χ4n) is 1.75. The zero-order valence-electron chi connectivity index (χ0n) is 11.2. The van der Waals surface area contributed by atoms with E-state index in [0.717, 1.165) is 25.1 Å². The van der Waals surface area contributed by atoms with E-state index in [4.69, 9.17) is 5.11 Å². The van der Waals surface area contributed by atoms with Crippen LogP contribution in [-0.4, -0.2) is 22.6 Å². The molecule has 100 valence electrons. The maximum Gasteiger partial charge on any atom is 0.335 e. The molecule has 18 heavy (non-hydrogen) atoms. The predicted molar refractivity (Wildman–Crippen MR) is 73.2 cm³/mol. The maximum atomic E-state index is 11.0. The molecule has 0 aliphatic carbocycles. The Balaban J connectivity index is 2.58. The number of carboxylic acids is 1. The van der Waals surface area contributed by atoms with E-state index < -0.39 is 5.97 Å². The first-order chi connectivity index (χ1) is 8.67. The molecular weight excluding hydrogens is 228 g/mol. The highest BCUT2D eigenvalue weighted by molar-refractivity contribution is 5.88. The molecule has 0 spiro atoms. The quantitative estimate of drug-likeness (QED) is 0.695. The van der Waals surface area contributed by atoms with Gasteiger partial charge in [0.05, 0.1) is 5.56 Å². The molecule has 0 amide bonds. The first kappa shape index (κ1) is 14.5. The van der Waals surface area contributed by atoms with Gasteiger partial charge in [-0.3, -0.25) is 0 Å². The van der Waals surface area contributed by atoms with Crippen LogP contribution in [0.3, 0.4) is 0 Å². The summed E-state index contributed by atoms with van der Waals surface area (Å²) in [6, 6.07) is 3.23. The third-order valence-corrected chi connectivity index (χ3v) is 2.82. The molecule has 1 aromatic heterocycles. The molecule has 0 aliphatic rings. The Labute approximate surface area is 108 Å². The predicted octanol–water partition coefficient (Wildman–Crippen LogP) is 3.33. The Morgan fingerprint density at radius 2 is 2.06 bits per heavy atom. The van der Waals surface area contributed by atoms with E-state index in [1.807, 2.05) is 6.92 Å². The lowest BCUT2D eigenvalue weighted by Crippen LogP contribution is -2.07. The summed E-state index contributed by atoms with van der Waals surface area (Å²) in [5.41, 5.74) is 1.11. The molecule has 0 fully saturated rings. The molecule has 0 aliphatic heterocycles. The van der Waals surface area contributed by atoms with Gasteiger partial charge in [-0.2, -0.15) is 0 Å². The highest BCUT2D eigenvalue weighted by atomic mass is 16.4. The standard InChI is InChI=1S/C14H22N2O2/c1-3-5-6-7-8-15-13-10-11(14(17)18)9-12(4-2)16-13/h9-10H,3-8H2,1-2H3,(H,15,16)(H,17,18). The molecule has 0 saturated heterocycles. The Kier molecular flexibility index (Phi) is 6.19. The van der Waals surface area contributed by atoms with Gasteiger partial charge >= 0.3 is 5.97 Å². The van der Waals surface area contributed by atoms with Gasteiger partial charge in [0.25, 0.3) is 0 Å². The van der Waals surface area contributed by atoms with Crippen molar-refractivity contribution in [2.45, 2.75) is 46.0 Å². The van der Waals surface area contributed by atoms with E-state index in [1.165, 1.54) is 19.3 Å². The minimum Gasteiger partial charge on any atom is -0.478 e. The van der Waals surface area contributed by atoms with Crippen LogP contribution < -0.4 is 5.32 Å². The summed E-state index contributed by atoms with van der Waals surface area (Å²) in [6.45, 7) is 5.00. The number of aryl methyl sites for hydroxylation is 1. The van der Waals surface area contributed by atoms with E-state index in [2.05, 4.69) is 17.2 Å². The average Bonchev–Trinajstić information content (AvgIpc) is 2.38. The third kappa shape index (κ3) is 4.73. The Morgan fingerprint density at radius 1 is 1.28 bits per heavy atom. The average molecular weight is 250 g/mol. The van der Waals surface area contributed by atoms with Crippen molar-refractivity contribution in [2.75, 3.05) is 11.9 Å². The number of carbonyl (C=O) groups is 1. The summed E-state index contributed by atoms with van der Waals surface area (Å²) in [5.74, 6) is -0.232. The molecule has 0 bridgehead atoms. The first-order valence-electron chi connectivity index (χ1n) is 6.65. The van der Waals surface area contributed by atoms with Crippen molar-refractivity contribution in [1.82, 2.24) is 4.98 Å². The molecule has 1 aromatic rings. The number of aromatic carboxylic acids is 1. The number of aromatic nitrogens is 1. The largest absolute Gasteiger partial charge is 0.478 e. The van der Waals surface area contributed by atoms with Gasteiger partial charge in [0, 0.05) is 12.2 Å². The number of pyridine rings is 1. The van der Waals surface area contributed by atoms with Crippen molar-refractivity contribution in [3.8, 4) is 0 Å². The van der Waals surface area contributed by atoms with Crippen LogP contribution >= 0.6 is 0 Å². The second-order valence-corrected chi connectivity index (χ2v) is 4.38. The van der Waals surface area contributed by atoms with Crippen molar-refractivity contribution in [1.29, 1.82) is 0 Å². The van der Waals surface area contributed by atoms with Gasteiger partial charge in [-0.15, -0.1) is 0 Å². The monoisotopic (exact) mass is 250 g/mol. The number of carboxylic acid groups (broad SMARTS) is 1. The molecule has 0 radical (unpaired) electrons. The van der Waals surface area contributed by atoms with Crippen molar-refractivity contribution in [3.05, 3.63) is 23.4 Å². The highest BCUT2D eigenvalue weighted by Gasteiger charge is 2.07. The molecule has 0 unspecified atom stereocenters. The molecule has 4 nitrogen and oxygen atoms in total. The lowest BCUT2D eigenvalue weighted by molar-refractivity contribution is 0.0696. The van der Waals surface area contributed by atoms with Crippen LogP contribution in [0, 0.1) is 0 Å². The van der Waals surface area contributed by atoms with Crippen LogP contribution in [0.1, 0.15) is 55.6 Å². The summed E-state index contributed by atoms with van der Waals surface area (Å²) in [4.78, 5) is 15.4. The Morgan fingerprint density at radius 3 is 2.67 bits per heavy atom. The van der Waals surface area contributed by atoms with Gasteiger partial charge in [0.1, 0.15) is 5.82 Å².